The maximum atomic E-state index is 12.9. The van der Waals surface area contributed by atoms with Gasteiger partial charge in [0.05, 0.1) is 5.56 Å². The summed E-state index contributed by atoms with van der Waals surface area (Å²) in [5.41, 5.74) is 4.10. The smallest absolute Gasteiger partial charge is 0.273 e. The van der Waals surface area contributed by atoms with E-state index in [1.807, 2.05) is 19.1 Å². The molecule has 1 fully saturated rings. The van der Waals surface area contributed by atoms with E-state index < -0.39 is 0 Å². The highest BCUT2D eigenvalue weighted by molar-refractivity contribution is 7.13. The number of rotatable bonds is 3. The maximum absolute atomic E-state index is 12.9. The number of phenolic OH excluding ortho intramolecular Hbond substituents is 1. The van der Waals surface area contributed by atoms with Crippen molar-refractivity contribution in [1.29, 1.82) is 0 Å². The quantitative estimate of drug-likeness (QED) is 0.699. The van der Waals surface area contributed by atoms with Crippen LogP contribution in [0.2, 0.25) is 0 Å². The standard InChI is InChI=1S/C23H23N3O3S/c1-15-7-8-17(16(2)13-15)21-24-19(14-30-21)23(29)26-11-9-25(10-12-26)22(28)18-5-3-4-6-20(18)27/h3-8,13-14,27H,9-12H2,1-2H3. The molecule has 2 amide bonds. The molecule has 1 aromatic heterocycles. The van der Waals surface area contributed by atoms with Crippen LogP contribution in [0.25, 0.3) is 10.6 Å². The fraction of sp³-hybridized carbons (Fsp3) is 0.261. The summed E-state index contributed by atoms with van der Waals surface area (Å²) in [6.07, 6.45) is 0. The monoisotopic (exact) mass is 421 g/mol. The lowest BCUT2D eigenvalue weighted by Crippen LogP contribution is -2.50. The van der Waals surface area contributed by atoms with Crippen molar-refractivity contribution in [2.24, 2.45) is 0 Å². The fourth-order valence-corrected chi connectivity index (χ4v) is 4.53. The van der Waals surface area contributed by atoms with E-state index in [1.165, 1.54) is 23.0 Å². The lowest BCUT2D eigenvalue weighted by Gasteiger charge is -2.34. The molecule has 154 valence electrons. The highest BCUT2D eigenvalue weighted by atomic mass is 32.1. The van der Waals surface area contributed by atoms with Gasteiger partial charge in [0, 0.05) is 37.1 Å². The zero-order valence-electron chi connectivity index (χ0n) is 17.0. The molecule has 1 aliphatic rings. The van der Waals surface area contributed by atoms with Crippen LogP contribution in [0.4, 0.5) is 0 Å². The Morgan fingerprint density at radius 3 is 2.30 bits per heavy atom. The Bertz CT molecular complexity index is 1100. The van der Waals surface area contributed by atoms with Crippen molar-refractivity contribution < 1.29 is 14.7 Å². The van der Waals surface area contributed by atoms with Crippen LogP contribution < -0.4 is 0 Å². The second-order valence-corrected chi connectivity index (χ2v) is 8.32. The molecule has 2 heterocycles. The van der Waals surface area contributed by atoms with E-state index >= 15 is 0 Å². The van der Waals surface area contributed by atoms with E-state index in [0.717, 1.165) is 16.1 Å². The number of hydrogen-bond acceptors (Lipinski definition) is 5. The van der Waals surface area contributed by atoms with Gasteiger partial charge in [-0.05, 0) is 31.5 Å². The van der Waals surface area contributed by atoms with Crippen molar-refractivity contribution in [3.63, 3.8) is 0 Å². The van der Waals surface area contributed by atoms with Crippen molar-refractivity contribution in [3.05, 3.63) is 70.2 Å². The van der Waals surface area contributed by atoms with E-state index in [4.69, 9.17) is 0 Å². The van der Waals surface area contributed by atoms with Gasteiger partial charge in [0.15, 0.2) is 0 Å². The molecular formula is C23H23N3O3S. The Morgan fingerprint density at radius 2 is 1.63 bits per heavy atom. The lowest BCUT2D eigenvalue weighted by atomic mass is 10.1. The maximum Gasteiger partial charge on any atom is 0.273 e. The van der Waals surface area contributed by atoms with Gasteiger partial charge in [0.2, 0.25) is 0 Å². The lowest BCUT2D eigenvalue weighted by molar-refractivity contribution is 0.0531. The molecule has 7 heteroatoms. The molecule has 30 heavy (non-hydrogen) atoms. The van der Waals surface area contributed by atoms with Crippen molar-refractivity contribution in [2.45, 2.75) is 13.8 Å². The first-order valence-corrected chi connectivity index (χ1v) is 10.7. The molecular weight excluding hydrogens is 398 g/mol. The van der Waals surface area contributed by atoms with Crippen molar-refractivity contribution in [1.82, 2.24) is 14.8 Å². The molecule has 0 atom stereocenters. The summed E-state index contributed by atoms with van der Waals surface area (Å²) in [5, 5.41) is 12.6. The predicted molar refractivity (Wildman–Crippen MR) is 117 cm³/mol. The van der Waals surface area contributed by atoms with Gasteiger partial charge in [-0.25, -0.2) is 4.98 Å². The summed E-state index contributed by atoms with van der Waals surface area (Å²) < 4.78 is 0. The highest BCUT2D eigenvalue weighted by Gasteiger charge is 2.27. The second-order valence-electron chi connectivity index (χ2n) is 7.46. The van der Waals surface area contributed by atoms with Gasteiger partial charge < -0.3 is 14.9 Å². The number of benzene rings is 2. The Morgan fingerprint density at radius 1 is 0.967 bits per heavy atom. The van der Waals surface area contributed by atoms with Crippen LogP contribution in [0.1, 0.15) is 32.0 Å². The minimum Gasteiger partial charge on any atom is -0.507 e. The van der Waals surface area contributed by atoms with E-state index in [0.29, 0.717) is 31.9 Å². The Balaban J connectivity index is 1.42. The summed E-state index contributed by atoms with van der Waals surface area (Å²) in [7, 11) is 0. The van der Waals surface area contributed by atoms with Gasteiger partial charge in [-0.3, -0.25) is 9.59 Å². The summed E-state index contributed by atoms with van der Waals surface area (Å²) >= 11 is 1.47. The number of carbonyl (C=O) groups excluding carboxylic acids is 2. The van der Waals surface area contributed by atoms with Gasteiger partial charge >= 0.3 is 0 Å². The largest absolute Gasteiger partial charge is 0.507 e. The third-order valence-corrected chi connectivity index (χ3v) is 6.20. The SMILES string of the molecule is Cc1ccc(-c2nc(C(=O)N3CCN(C(=O)c4ccccc4O)CC3)cs2)c(C)c1. The topological polar surface area (TPSA) is 73.7 Å². The van der Waals surface area contributed by atoms with Gasteiger partial charge in [-0.1, -0.05) is 35.9 Å². The molecule has 0 bridgehead atoms. The van der Waals surface area contributed by atoms with Gasteiger partial charge in [0.1, 0.15) is 16.5 Å². The third-order valence-electron chi connectivity index (χ3n) is 5.32. The van der Waals surface area contributed by atoms with Crippen molar-refractivity contribution >= 4 is 23.2 Å². The molecule has 0 radical (unpaired) electrons. The van der Waals surface area contributed by atoms with Crippen molar-refractivity contribution in [2.75, 3.05) is 26.2 Å². The zero-order chi connectivity index (χ0) is 21.3. The van der Waals surface area contributed by atoms with Crippen LogP contribution in [-0.2, 0) is 0 Å². The molecule has 2 aromatic carbocycles. The average Bonchev–Trinajstić information content (AvgIpc) is 3.23. The number of hydrogen-bond donors (Lipinski definition) is 1. The summed E-state index contributed by atoms with van der Waals surface area (Å²) in [6, 6.07) is 12.7. The normalized spacial score (nSPS) is 14.1. The first-order chi connectivity index (χ1) is 14.4. The highest BCUT2D eigenvalue weighted by Crippen LogP contribution is 2.28. The molecule has 1 aliphatic heterocycles. The zero-order valence-corrected chi connectivity index (χ0v) is 17.8. The van der Waals surface area contributed by atoms with E-state index in [1.54, 1.807) is 33.4 Å². The molecule has 6 nitrogen and oxygen atoms in total. The van der Waals surface area contributed by atoms with Crippen LogP contribution in [0.5, 0.6) is 5.75 Å². The third kappa shape index (κ3) is 3.93. The Labute approximate surface area is 179 Å². The number of aryl methyl sites for hydroxylation is 2. The van der Waals surface area contributed by atoms with Crippen LogP contribution in [0, 0.1) is 13.8 Å². The second kappa shape index (κ2) is 8.28. The van der Waals surface area contributed by atoms with Crippen LogP contribution >= 0.6 is 11.3 Å². The molecule has 1 saturated heterocycles. The molecule has 1 N–H and O–H groups in total. The fourth-order valence-electron chi connectivity index (χ4n) is 3.65. The number of phenols is 1. The molecule has 0 spiro atoms. The first kappa shape index (κ1) is 20.1. The van der Waals surface area contributed by atoms with E-state index in [2.05, 4.69) is 18.0 Å². The van der Waals surface area contributed by atoms with Crippen LogP contribution in [0.15, 0.2) is 47.8 Å². The molecule has 4 rings (SSSR count). The Hall–Kier alpha value is -3.19. The molecule has 3 aromatic rings. The van der Waals surface area contributed by atoms with Crippen molar-refractivity contribution in [3.8, 4) is 16.3 Å². The number of carbonyl (C=O) groups is 2. The van der Waals surface area contributed by atoms with Gasteiger partial charge in [0.25, 0.3) is 11.8 Å². The molecule has 0 saturated carbocycles. The number of aromatic hydroxyl groups is 1. The summed E-state index contributed by atoms with van der Waals surface area (Å²) in [4.78, 5) is 33.5. The molecule has 0 unspecified atom stereocenters. The summed E-state index contributed by atoms with van der Waals surface area (Å²) in [6.45, 7) is 5.83. The van der Waals surface area contributed by atoms with E-state index in [9.17, 15) is 14.7 Å². The number of para-hydroxylation sites is 1. The van der Waals surface area contributed by atoms with E-state index in [-0.39, 0.29) is 23.1 Å². The number of nitrogens with zero attached hydrogens (tertiary/aromatic N) is 3. The molecule has 0 aliphatic carbocycles. The number of thiazole rings is 1. The van der Waals surface area contributed by atoms with Gasteiger partial charge in [-0.2, -0.15) is 0 Å². The first-order valence-electron chi connectivity index (χ1n) is 9.84. The predicted octanol–water partition coefficient (Wildman–Crippen LogP) is 3.73. The minimum absolute atomic E-state index is 0.0255. The number of amides is 2. The number of aromatic nitrogens is 1. The Kier molecular flexibility index (Phi) is 5.55. The summed E-state index contributed by atoms with van der Waals surface area (Å²) in [5.74, 6) is -0.356. The van der Waals surface area contributed by atoms with Crippen LogP contribution in [-0.4, -0.2) is 57.9 Å². The average molecular weight is 422 g/mol. The number of piperazine rings is 1. The van der Waals surface area contributed by atoms with Gasteiger partial charge in [-0.15, -0.1) is 11.3 Å². The minimum atomic E-state index is -0.217. The van der Waals surface area contributed by atoms with Crippen LogP contribution in [0.3, 0.4) is 0 Å².